The van der Waals surface area contributed by atoms with Gasteiger partial charge in [0.2, 0.25) is 0 Å². The van der Waals surface area contributed by atoms with Gasteiger partial charge in [-0.15, -0.1) is 0 Å². The van der Waals surface area contributed by atoms with E-state index < -0.39 is 5.54 Å². The Kier molecular flexibility index (Phi) is 4.62. The van der Waals surface area contributed by atoms with Crippen LogP contribution < -0.4 is 5.32 Å². The minimum absolute atomic E-state index is 0.207. The van der Waals surface area contributed by atoms with Crippen molar-refractivity contribution < 1.29 is 9.59 Å². The Morgan fingerprint density at radius 2 is 1.56 bits per heavy atom. The molecule has 0 unspecified atom stereocenters. The molecule has 1 saturated heterocycles. The van der Waals surface area contributed by atoms with E-state index in [4.69, 9.17) is 0 Å². The van der Waals surface area contributed by atoms with Crippen LogP contribution in [0, 0.1) is 6.92 Å². The summed E-state index contributed by atoms with van der Waals surface area (Å²) >= 11 is 0. The summed E-state index contributed by atoms with van der Waals surface area (Å²) < 4.78 is 0. The summed E-state index contributed by atoms with van der Waals surface area (Å²) in [6.07, 6.45) is 2.09. The third-order valence-electron chi connectivity index (χ3n) is 4.81. The molecule has 2 aromatic rings. The summed E-state index contributed by atoms with van der Waals surface area (Å²) in [7, 11) is 0. The summed E-state index contributed by atoms with van der Waals surface area (Å²) in [6.45, 7) is 6.21. The van der Waals surface area contributed by atoms with Crippen LogP contribution in [0.2, 0.25) is 0 Å². The average molecular weight is 336 g/mol. The standard InChI is InChI=1S/C21H24N2O2/c1-4-5-16-10-12-18(13-11-16)21(3)19(24)23(20(25)22-21)14-17-8-6-15(2)7-9-17/h6-13H,4-5,14H2,1-3H3,(H,22,25)/t21-/m0/s1. The highest BCUT2D eigenvalue weighted by molar-refractivity contribution is 6.07. The molecular formula is C21H24N2O2. The maximum Gasteiger partial charge on any atom is 0.325 e. The number of nitrogens with zero attached hydrogens (tertiary/aromatic N) is 1. The number of hydrogen-bond donors (Lipinski definition) is 1. The number of rotatable bonds is 5. The predicted molar refractivity (Wildman–Crippen MR) is 98.0 cm³/mol. The Balaban J connectivity index is 1.82. The lowest BCUT2D eigenvalue weighted by atomic mass is 9.91. The predicted octanol–water partition coefficient (Wildman–Crippen LogP) is 3.91. The van der Waals surface area contributed by atoms with E-state index in [1.807, 2.05) is 55.5 Å². The Morgan fingerprint density at radius 3 is 2.16 bits per heavy atom. The topological polar surface area (TPSA) is 49.4 Å². The van der Waals surface area contributed by atoms with Crippen molar-refractivity contribution in [3.8, 4) is 0 Å². The van der Waals surface area contributed by atoms with Crippen LogP contribution in [-0.2, 0) is 23.3 Å². The molecule has 1 atom stereocenters. The number of benzene rings is 2. The van der Waals surface area contributed by atoms with Gasteiger partial charge in [0.15, 0.2) is 0 Å². The second-order valence-corrected chi connectivity index (χ2v) is 6.88. The smallest absolute Gasteiger partial charge is 0.319 e. The van der Waals surface area contributed by atoms with Crippen LogP contribution in [0.1, 0.15) is 42.5 Å². The Morgan fingerprint density at radius 1 is 0.960 bits per heavy atom. The second kappa shape index (κ2) is 6.71. The fourth-order valence-electron chi connectivity index (χ4n) is 3.21. The van der Waals surface area contributed by atoms with Gasteiger partial charge in [0.05, 0.1) is 6.54 Å². The number of carbonyl (C=O) groups excluding carboxylic acids is 2. The Bertz CT molecular complexity index is 781. The number of aryl methyl sites for hydroxylation is 2. The summed E-state index contributed by atoms with van der Waals surface area (Å²) in [6, 6.07) is 15.5. The van der Waals surface area contributed by atoms with E-state index in [-0.39, 0.29) is 18.5 Å². The highest BCUT2D eigenvalue weighted by Crippen LogP contribution is 2.30. The highest BCUT2D eigenvalue weighted by atomic mass is 16.2. The first kappa shape index (κ1) is 17.2. The van der Waals surface area contributed by atoms with Crippen molar-refractivity contribution in [1.82, 2.24) is 10.2 Å². The van der Waals surface area contributed by atoms with Gasteiger partial charge in [-0.25, -0.2) is 4.79 Å². The van der Waals surface area contributed by atoms with E-state index in [2.05, 4.69) is 12.2 Å². The van der Waals surface area contributed by atoms with Gasteiger partial charge >= 0.3 is 6.03 Å². The highest BCUT2D eigenvalue weighted by Gasteiger charge is 2.48. The van der Waals surface area contributed by atoms with Gasteiger partial charge in [-0.3, -0.25) is 9.69 Å². The molecule has 25 heavy (non-hydrogen) atoms. The van der Waals surface area contributed by atoms with E-state index in [1.54, 1.807) is 6.92 Å². The van der Waals surface area contributed by atoms with E-state index in [0.29, 0.717) is 0 Å². The number of imide groups is 1. The zero-order valence-corrected chi connectivity index (χ0v) is 15.0. The van der Waals surface area contributed by atoms with Crippen LogP contribution in [0.3, 0.4) is 0 Å². The van der Waals surface area contributed by atoms with E-state index in [9.17, 15) is 9.59 Å². The first-order chi connectivity index (χ1) is 11.9. The van der Waals surface area contributed by atoms with Crippen LogP contribution in [0.4, 0.5) is 4.79 Å². The molecule has 1 aliphatic heterocycles. The van der Waals surface area contributed by atoms with Gasteiger partial charge in [-0.2, -0.15) is 0 Å². The lowest BCUT2D eigenvalue weighted by molar-refractivity contribution is -0.131. The van der Waals surface area contributed by atoms with Gasteiger partial charge in [0.25, 0.3) is 5.91 Å². The van der Waals surface area contributed by atoms with Crippen molar-refractivity contribution >= 4 is 11.9 Å². The minimum atomic E-state index is -1.01. The third kappa shape index (κ3) is 3.29. The molecule has 4 heteroatoms. The van der Waals surface area contributed by atoms with Crippen molar-refractivity contribution in [2.24, 2.45) is 0 Å². The second-order valence-electron chi connectivity index (χ2n) is 6.88. The summed E-state index contributed by atoms with van der Waals surface area (Å²) in [4.78, 5) is 26.7. The maximum atomic E-state index is 13.0. The van der Waals surface area contributed by atoms with Gasteiger partial charge in [0.1, 0.15) is 5.54 Å². The van der Waals surface area contributed by atoms with Gasteiger partial charge in [-0.05, 0) is 37.0 Å². The van der Waals surface area contributed by atoms with E-state index in [0.717, 1.165) is 29.5 Å². The Labute approximate surface area is 148 Å². The zero-order valence-electron chi connectivity index (χ0n) is 15.0. The van der Waals surface area contributed by atoms with Crippen LogP contribution in [0.15, 0.2) is 48.5 Å². The molecular weight excluding hydrogens is 312 g/mol. The zero-order chi connectivity index (χ0) is 18.0. The Hall–Kier alpha value is -2.62. The molecule has 0 saturated carbocycles. The number of amides is 3. The number of carbonyl (C=O) groups is 2. The fraction of sp³-hybridized carbons (Fsp3) is 0.333. The quantitative estimate of drug-likeness (QED) is 0.842. The van der Waals surface area contributed by atoms with E-state index in [1.165, 1.54) is 10.5 Å². The first-order valence-corrected chi connectivity index (χ1v) is 8.73. The summed E-state index contributed by atoms with van der Waals surface area (Å²) in [5, 5.41) is 2.87. The lowest BCUT2D eigenvalue weighted by Crippen LogP contribution is -2.40. The molecule has 3 amide bonds. The van der Waals surface area contributed by atoms with Crippen molar-refractivity contribution in [2.45, 2.75) is 45.7 Å². The van der Waals surface area contributed by atoms with Gasteiger partial charge in [-0.1, -0.05) is 67.4 Å². The molecule has 1 fully saturated rings. The molecule has 1 heterocycles. The molecule has 0 bridgehead atoms. The monoisotopic (exact) mass is 336 g/mol. The van der Waals surface area contributed by atoms with Crippen LogP contribution in [0.25, 0.3) is 0 Å². The van der Waals surface area contributed by atoms with Crippen molar-refractivity contribution in [1.29, 1.82) is 0 Å². The van der Waals surface area contributed by atoms with Crippen LogP contribution in [-0.4, -0.2) is 16.8 Å². The fourth-order valence-corrected chi connectivity index (χ4v) is 3.21. The summed E-state index contributed by atoms with van der Waals surface area (Å²) in [5.74, 6) is -0.207. The van der Waals surface area contributed by atoms with Crippen molar-refractivity contribution in [3.63, 3.8) is 0 Å². The average Bonchev–Trinajstić information content (AvgIpc) is 2.82. The molecule has 0 radical (unpaired) electrons. The normalized spacial score (nSPS) is 20.0. The number of hydrogen-bond acceptors (Lipinski definition) is 2. The molecule has 0 spiro atoms. The first-order valence-electron chi connectivity index (χ1n) is 8.73. The molecule has 130 valence electrons. The van der Waals surface area contributed by atoms with E-state index >= 15 is 0 Å². The van der Waals surface area contributed by atoms with Gasteiger partial charge < -0.3 is 5.32 Å². The summed E-state index contributed by atoms with van der Waals surface area (Å²) in [5.41, 5.74) is 3.14. The molecule has 0 aromatic heterocycles. The van der Waals surface area contributed by atoms with Crippen LogP contribution in [0.5, 0.6) is 0 Å². The van der Waals surface area contributed by atoms with Crippen molar-refractivity contribution in [2.75, 3.05) is 0 Å². The molecule has 1 aliphatic rings. The molecule has 0 aliphatic carbocycles. The molecule has 3 rings (SSSR count). The molecule has 4 nitrogen and oxygen atoms in total. The number of urea groups is 1. The van der Waals surface area contributed by atoms with Crippen LogP contribution >= 0.6 is 0 Å². The SMILES string of the molecule is CCCc1ccc([C@]2(C)NC(=O)N(Cc3ccc(C)cc3)C2=O)cc1. The largest absolute Gasteiger partial charge is 0.325 e. The lowest BCUT2D eigenvalue weighted by Gasteiger charge is -2.22. The third-order valence-corrected chi connectivity index (χ3v) is 4.81. The molecule has 1 N–H and O–H groups in total. The molecule has 2 aromatic carbocycles. The maximum absolute atomic E-state index is 13.0. The van der Waals surface area contributed by atoms with Gasteiger partial charge in [0, 0.05) is 0 Å². The van der Waals surface area contributed by atoms with Crippen molar-refractivity contribution in [3.05, 3.63) is 70.8 Å². The minimum Gasteiger partial charge on any atom is -0.319 e. The number of nitrogens with one attached hydrogen (secondary N) is 1.